The van der Waals surface area contributed by atoms with Crippen molar-refractivity contribution in [3.8, 4) is 11.6 Å². The predicted molar refractivity (Wildman–Crippen MR) is 127 cm³/mol. The first-order valence-corrected chi connectivity index (χ1v) is 11.4. The fourth-order valence-electron chi connectivity index (χ4n) is 4.18. The smallest absolute Gasteiger partial charge is 0.275 e. The molecule has 8 nitrogen and oxygen atoms in total. The Labute approximate surface area is 205 Å². The van der Waals surface area contributed by atoms with Crippen LogP contribution in [0.1, 0.15) is 32.9 Å². The van der Waals surface area contributed by atoms with Crippen molar-refractivity contribution < 1.29 is 18.3 Å². The highest BCUT2D eigenvalue weighted by atomic mass is 19.1. The van der Waals surface area contributed by atoms with Gasteiger partial charge in [-0.05, 0) is 49.7 Å². The molecule has 0 bridgehead atoms. The molecule has 1 amide bonds. The van der Waals surface area contributed by atoms with Crippen molar-refractivity contribution in [1.29, 1.82) is 0 Å². The van der Waals surface area contributed by atoms with Crippen LogP contribution in [0, 0.1) is 25.5 Å². The number of aryl methyl sites for hydroxylation is 2. The van der Waals surface area contributed by atoms with E-state index in [9.17, 15) is 18.4 Å². The average Bonchev–Trinajstić information content (AvgIpc) is 3.29. The van der Waals surface area contributed by atoms with E-state index in [2.05, 4.69) is 9.97 Å². The topological polar surface area (TPSA) is 82.3 Å². The first-order chi connectivity index (χ1) is 17.3. The molecule has 0 saturated carbocycles. The monoisotopic (exact) mass is 491 g/mol. The predicted octanol–water partition coefficient (Wildman–Crippen LogP) is 3.56. The van der Waals surface area contributed by atoms with Gasteiger partial charge in [-0.3, -0.25) is 9.59 Å². The molecule has 10 heteroatoms. The molecule has 0 radical (unpaired) electrons. The van der Waals surface area contributed by atoms with Crippen molar-refractivity contribution >= 4 is 5.91 Å². The van der Waals surface area contributed by atoms with Gasteiger partial charge >= 0.3 is 0 Å². The zero-order valence-electron chi connectivity index (χ0n) is 19.7. The summed E-state index contributed by atoms with van der Waals surface area (Å²) in [4.78, 5) is 36.2. The SMILES string of the molecule is Cc1cn(-c2ccc3n(c2=O)CCN(Cc2cccnc2OCc2cc(F)c(C)cc2F)C3=O)cn1. The summed E-state index contributed by atoms with van der Waals surface area (Å²) >= 11 is 0. The second-order valence-electron chi connectivity index (χ2n) is 8.66. The van der Waals surface area contributed by atoms with Crippen LogP contribution in [-0.2, 0) is 19.7 Å². The van der Waals surface area contributed by atoms with E-state index in [1.807, 2.05) is 6.92 Å². The first kappa shape index (κ1) is 23.4. The van der Waals surface area contributed by atoms with Crippen molar-refractivity contribution in [2.45, 2.75) is 33.5 Å². The molecular formula is C26H23F2N5O3. The minimum absolute atomic E-state index is 0.0703. The van der Waals surface area contributed by atoms with Gasteiger partial charge in [-0.15, -0.1) is 0 Å². The van der Waals surface area contributed by atoms with Gasteiger partial charge in [-0.1, -0.05) is 6.07 Å². The van der Waals surface area contributed by atoms with Crippen LogP contribution in [0.15, 0.2) is 59.9 Å². The lowest BCUT2D eigenvalue weighted by Gasteiger charge is -2.30. The Morgan fingerprint density at radius 2 is 1.83 bits per heavy atom. The molecule has 0 aliphatic carbocycles. The number of hydrogen-bond donors (Lipinski definition) is 0. The molecule has 3 aromatic heterocycles. The highest BCUT2D eigenvalue weighted by molar-refractivity contribution is 5.93. The maximum atomic E-state index is 14.2. The molecule has 0 N–H and O–H groups in total. The maximum Gasteiger partial charge on any atom is 0.275 e. The van der Waals surface area contributed by atoms with Gasteiger partial charge in [0, 0.05) is 36.6 Å². The zero-order chi connectivity index (χ0) is 25.4. The summed E-state index contributed by atoms with van der Waals surface area (Å²) in [7, 11) is 0. The number of benzene rings is 1. The summed E-state index contributed by atoms with van der Waals surface area (Å²) in [6.07, 6.45) is 4.84. The van der Waals surface area contributed by atoms with Crippen molar-refractivity contribution in [2.75, 3.05) is 6.54 Å². The van der Waals surface area contributed by atoms with Crippen LogP contribution in [-0.4, -0.2) is 36.5 Å². The van der Waals surface area contributed by atoms with Gasteiger partial charge in [0.05, 0.1) is 18.6 Å². The van der Waals surface area contributed by atoms with Gasteiger partial charge in [0.2, 0.25) is 5.88 Å². The lowest BCUT2D eigenvalue weighted by molar-refractivity contribution is 0.0684. The van der Waals surface area contributed by atoms with Crippen LogP contribution in [0.25, 0.3) is 5.69 Å². The number of carbonyl (C=O) groups is 1. The van der Waals surface area contributed by atoms with Crippen molar-refractivity contribution in [3.63, 3.8) is 0 Å². The van der Waals surface area contributed by atoms with Crippen LogP contribution in [0.5, 0.6) is 5.88 Å². The number of carbonyl (C=O) groups excluding carboxylic acids is 1. The third-order valence-electron chi connectivity index (χ3n) is 6.15. The Balaban J connectivity index is 1.35. The van der Waals surface area contributed by atoms with Crippen molar-refractivity contribution in [1.82, 2.24) is 24.0 Å². The fourth-order valence-corrected chi connectivity index (χ4v) is 4.18. The van der Waals surface area contributed by atoms with E-state index in [1.54, 1.807) is 46.3 Å². The van der Waals surface area contributed by atoms with E-state index in [0.29, 0.717) is 24.3 Å². The van der Waals surface area contributed by atoms with Crippen LogP contribution >= 0.6 is 0 Å². The lowest BCUT2D eigenvalue weighted by Crippen LogP contribution is -2.44. The van der Waals surface area contributed by atoms with E-state index >= 15 is 0 Å². The van der Waals surface area contributed by atoms with Crippen LogP contribution in [0.2, 0.25) is 0 Å². The molecule has 5 rings (SSSR count). The van der Waals surface area contributed by atoms with E-state index in [0.717, 1.165) is 17.8 Å². The highest BCUT2D eigenvalue weighted by Gasteiger charge is 2.27. The maximum absolute atomic E-state index is 14.2. The fraction of sp³-hybridized carbons (Fsp3) is 0.231. The summed E-state index contributed by atoms with van der Waals surface area (Å²) < 4.78 is 36.9. The standard InChI is InChI=1S/C26H23F2N5O3/c1-16-10-21(28)19(11-20(16)27)14-36-24-18(4-3-7-29-24)13-31-8-9-33-23(25(31)34)6-5-22(26(33)35)32-12-17(2)30-15-32/h3-7,10-12,15H,8-9,13-14H2,1-2H3. The molecule has 184 valence electrons. The number of ether oxygens (including phenoxy) is 1. The normalized spacial score (nSPS) is 13.1. The van der Waals surface area contributed by atoms with Crippen LogP contribution in [0.4, 0.5) is 8.78 Å². The zero-order valence-corrected chi connectivity index (χ0v) is 19.7. The number of imidazole rings is 1. The van der Waals surface area contributed by atoms with Gasteiger partial charge < -0.3 is 18.8 Å². The van der Waals surface area contributed by atoms with E-state index in [-0.39, 0.29) is 47.3 Å². The summed E-state index contributed by atoms with van der Waals surface area (Å²) in [6, 6.07) is 8.95. The first-order valence-electron chi connectivity index (χ1n) is 11.4. The molecule has 4 heterocycles. The third-order valence-corrected chi connectivity index (χ3v) is 6.15. The second-order valence-corrected chi connectivity index (χ2v) is 8.66. The van der Waals surface area contributed by atoms with E-state index in [1.165, 1.54) is 17.7 Å². The van der Waals surface area contributed by atoms with Gasteiger partial charge in [-0.2, -0.15) is 0 Å². The molecule has 1 aromatic carbocycles. The lowest BCUT2D eigenvalue weighted by atomic mass is 10.1. The number of halogens is 2. The number of pyridine rings is 2. The Kier molecular flexibility index (Phi) is 6.09. The number of hydrogen-bond acceptors (Lipinski definition) is 5. The molecule has 36 heavy (non-hydrogen) atoms. The number of aromatic nitrogens is 4. The van der Waals surface area contributed by atoms with Crippen molar-refractivity contribution in [3.05, 3.63) is 105 Å². The number of fused-ring (bicyclic) bond motifs is 1. The molecule has 0 fully saturated rings. The average molecular weight is 491 g/mol. The van der Waals surface area contributed by atoms with Gasteiger partial charge in [-0.25, -0.2) is 18.7 Å². The number of amides is 1. The van der Waals surface area contributed by atoms with Crippen molar-refractivity contribution in [2.24, 2.45) is 0 Å². The molecule has 0 spiro atoms. The Bertz CT molecular complexity index is 1530. The van der Waals surface area contributed by atoms with Gasteiger partial charge in [0.25, 0.3) is 11.5 Å². The quantitative estimate of drug-likeness (QED) is 0.412. The molecule has 1 aliphatic heterocycles. The minimum atomic E-state index is -0.565. The third kappa shape index (κ3) is 4.37. The second kappa shape index (κ2) is 9.37. The summed E-state index contributed by atoms with van der Waals surface area (Å²) in [5.41, 5.74) is 2.12. The van der Waals surface area contributed by atoms with Crippen LogP contribution < -0.4 is 10.3 Å². The van der Waals surface area contributed by atoms with Gasteiger partial charge in [0.15, 0.2) is 0 Å². The van der Waals surface area contributed by atoms with Gasteiger partial charge in [0.1, 0.15) is 29.6 Å². The molecular weight excluding hydrogens is 468 g/mol. The molecule has 4 aromatic rings. The molecule has 0 unspecified atom stereocenters. The highest BCUT2D eigenvalue weighted by Crippen LogP contribution is 2.23. The van der Waals surface area contributed by atoms with E-state index < -0.39 is 11.6 Å². The molecule has 0 atom stereocenters. The number of nitrogens with zero attached hydrogens (tertiary/aromatic N) is 5. The summed E-state index contributed by atoms with van der Waals surface area (Å²) in [6.45, 7) is 3.93. The largest absolute Gasteiger partial charge is 0.472 e. The molecule has 1 aliphatic rings. The Morgan fingerprint density at radius 3 is 2.61 bits per heavy atom. The van der Waals surface area contributed by atoms with Crippen LogP contribution in [0.3, 0.4) is 0 Å². The minimum Gasteiger partial charge on any atom is -0.472 e. The summed E-state index contributed by atoms with van der Waals surface area (Å²) in [5.74, 6) is -1.16. The Morgan fingerprint density at radius 1 is 1.00 bits per heavy atom. The Hall–Kier alpha value is -4.34. The van der Waals surface area contributed by atoms with E-state index in [4.69, 9.17) is 4.74 Å². The number of rotatable bonds is 6. The summed E-state index contributed by atoms with van der Waals surface area (Å²) in [5, 5.41) is 0. The molecule has 0 saturated heterocycles.